The largest absolute Gasteiger partial charge is 0.392 e. The molecule has 21 heavy (non-hydrogen) atoms. The van der Waals surface area contributed by atoms with Gasteiger partial charge in [-0.1, -0.05) is 18.2 Å². The summed E-state index contributed by atoms with van der Waals surface area (Å²) in [6.07, 6.45) is 1.74. The highest BCUT2D eigenvalue weighted by atomic mass is 32.1. The molecule has 4 nitrogen and oxygen atoms in total. The van der Waals surface area contributed by atoms with E-state index < -0.39 is 0 Å². The highest BCUT2D eigenvalue weighted by Crippen LogP contribution is 2.27. The fourth-order valence-corrected chi connectivity index (χ4v) is 2.77. The lowest BCUT2D eigenvalue weighted by molar-refractivity contribution is 0.281. The van der Waals surface area contributed by atoms with Crippen molar-refractivity contribution < 1.29 is 5.11 Å². The van der Waals surface area contributed by atoms with Gasteiger partial charge >= 0.3 is 0 Å². The van der Waals surface area contributed by atoms with Crippen LogP contribution < -0.4 is 5.32 Å². The number of nitrogens with zero attached hydrogens (tertiary/aromatic N) is 2. The quantitative estimate of drug-likeness (QED) is 0.770. The molecular formula is C16H15N3OS. The number of thiazole rings is 1. The zero-order chi connectivity index (χ0) is 14.7. The van der Waals surface area contributed by atoms with Crippen molar-refractivity contribution in [1.29, 1.82) is 0 Å². The van der Waals surface area contributed by atoms with Gasteiger partial charge in [-0.3, -0.25) is 0 Å². The summed E-state index contributed by atoms with van der Waals surface area (Å²) in [6.45, 7) is 2.06. The van der Waals surface area contributed by atoms with Crippen LogP contribution >= 0.6 is 11.3 Å². The lowest BCUT2D eigenvalue weighted by atomic mass is 10.0. The molecule has 2 N–H and O–H groups in total. The summed E-state index contributed by atoms with van der Waals surface area (Å²) < 4.78 is 0. The molecule has 106 valence electrons. The van der Waals surface area contributed by atoms with Crippen molar-refractivity contribution in [2.24, 2.45) is 0 Å². The molecule has 0 fully saturated rings. The molecule has 5 heteroatoms. The number of aliphatic hydroxyl groups excluding tert-OH is 1. The molecule has 0 aliphatic rings. The Balaban J connectivity index is 1.83. The summed E-state index contributed by atoms with van der Waals surface area (Å²) in [7, 11) is 0. The molecule has 0 radical (unpaired) electrons. The van der Waals surface area contributed by atoms with Gasteiger partial charge in [0.25, 0.3) is 0 Å². The molecule has 0 bridgehead atoms. The number of benzene rings is 1. The van der Waals surface area contributed by atoms with Crippen LogP contribution in [0.1, 0.15) is 11.1 Å². The number of aryl methyl sites for hydroxylation is 1. The number of rotatable bonds is 4. The first-order valence-electron chi connectivity index (χ1n) is 6.60. The molecule has 2 aromatic heterocycles. The van der Waals surface area contributed by atoms with E-state index in [-0.39, 0.29) is 6.61 Å². The SMILES string of the molecule is Cc1cc(-c2csc(Nc3ccccn3)n2)ccc1CO. The van der Waals surface area contributed by atoms with Crippen LogP contribution in [-0.2, 0) is 6.61 Å². The van der Waals surface area contributed by atoms with E-state index in [1.165, 1.54) is 0 Å². The number of hydrogen-bond acceptors (Lipinski definition) is 5. The zero-order valence-corrected chi connectivity index (χ0v) is 12.4. The van der Waals surface area contributed by atoms with Crippen molar-refractivity contribution in [3.8, 4) is 11.3 Å². The van der Waals surface area contributed by atoms with E-state index in [4.69, 9.17) is 0 Å². The molecule has 0 saturated carbocycles. The highest BCUT2D eigenvalue weighted by Gasteiger charge is 2.07. The van der Waals surface area contributed by atoms with Gasteiger partial charge in [-0.05, 0) is 36.2 Å². The first-order valence-corrected chi connectivity index (χ1v) is 7.48. The van der Waals surface area contributed by atoms with E-state index in [0.29, 0.717) is 0 Å². The van der Waals surface area contributed by atoms with E-state index in [1.807, 2.05) is 48.7 Å². The minimum absolute atomic E-state index is 0.0651. The Labute approximate surface area is 127 Å². The van der Waals surface area contributed by atoms with E-state index >= 15 is 0 Å². The summed E-state index contributed by atoms with van der Waals surface area (Å²) >= 11 is 1.54. The van der Waals surface area contributed by atoms with Crippen molar-refractivity contribution in [1.82, 2.24) is 9.97 Å². The average Bonchev–Trinajstić information content (AvgIpc) is 2.97. The monoisotopic (exact) mass is 297 g/mol. The first kappa shape index (κ1) is 13.7. The van der Waals surface area contributed by atoms with Crippen LogP contribution in [-0.4, -0.2) is 15.1 Å². The van der Waals surface area contributed by atoms with Gasteiger partial charge < -0.3 is 10.4 Å². The summed E-state index contributed by atoms with van der Waals surface area (Å²) in [5.41, 5.74) is 3.99. The summed E-state index contributed by atoms with van der Waals surface area (Å²) in [6, 6.07) is 11.7. The van der Waals surface area contributed by atoms with E-state index in [2.05, 4.69) is 15.3 Å². The van der Waals surface area contributed by atoms with Crippen molar-refractivity contribution in [2.45, 2.75) is 13.5 Å². The van der Waals surface area contributed by atoms with Gasteiger partial charge in [0.15, 0.2) is 5.13 Å². The molecular weight excluding hydrogens is 282 g/mol. The van der Waals surface area contributed by atoms with E-state index in [1.54, 1.807) is 17.5 Å². The third-order valence-electron chi connectivity index (χ3n) is 3.21. The normalized spacial score (nSPS) is 10.6. The smallest absolute Gasteiger partial charge is 0.188 e. The topological polar surface area (TPSA) is 58.0 Å². The molecule has 3 rings (SSSR count). The van der Waals surface area contributed by atoms with Crippen LogP contribution in [0, 0.1) is 6.92 Å². The van der Waals surface area contributed by atoms with Crippen molar-refractivity contribution in [3.05, 3.63) is 59.1 Å². The molecule has 0 atom stereocenters. The maximum Gasteiger partial charge on any atom is 0.188 e. The first-order chi connectivity index (χ1) is 10.3. The fraction of sp³-hybridized carbons (Fsp3) is 0.125. The standard InChI is InChI=1S/C16H15N3OS/c1-11-8-12(5-6-13(11)9-20)14-10-21-16(18-14)19-15-4-2-3-7-17-15/h2-8,10,20H,9H2,1H3,(H,17,18,19). The van der Waals surface area contributed by atoms with Crippen LogP contribution in [0.5, 0.6) is 0 Å². The third kappa shape index (κ3) is 3.09. The van der Waals surface area contributed by atoms with Gasteiger partial charge in [-0.25, -0.2) is 9.97 Å². The Morgan fingerprint density at radius 1 is 1.24 bits per heavy atom. The number of aliphatic hydroxyl groups is 1. The Kier molecular flexibility index (Phi) is 3.94. The molecule has 0 aliphatic carbocycles. The average molecular weight is 297 g/mol. The van der Waals surface area contributed by atoms with E-state index in [0.717, 1.165) is 33.3 Å². The lowest BCUT2D eigenvalue weighted by Crippen LogP contribution is -1.92. The van der Waals surface area contributed by atoms with Crippen LogP contribution in [0.2, 0.25) is 0 Å². The van der Waals surface area contributed by atoms with Crippen LogP contribution in [0.15, 0.2) is 48.0 Å². The second kappa shape index (κ2) is 6.03. The van der Waals surface area contributed by atoms with Crippen LogP contribution in [0.3, 0.4) is 0 Å². The highest BCUT2D eigenvalue weighted by molar-refractivity contribution is 7.14. The molecule has 2 heterocycles. The predicted octanol–water partition coefficient (Wildman–Crippen LogP) is 3.75. The molecule has 0 amide bonds. The van der Waals surface area contributed by atoms with Gasteiger partial charge in [0.05, 0.1) is 12.3 Å². The Hall–Kier alpha value is -2.24. The number of hydrogen-bond donors (Lipinski definition) is 2. The van der Waals surface area contributed by atoms with Gasteiger partial charge in [-0.15, -0.1) is 11.3 Å². The molecule has 0 unspecified atom stereocenters. The fourth-order valence-electron chi connectivity index (χ4n) is 2.04. The van der Waals surface area contributed by atoms with Gasteiger partial charge in [0.1, 0.15) is 5.82 Å². The maximum absolute atomic E-state index is 9.22. The third-order valence-corrected chi connectivity index (χ3v) is 3.97. The predicted molar refractivity (Wildman–Crippen MR) is 85.7 cm³/mol. The zero-order valence-electron chi connectivity index (χ0n) is 11.6. The van der Waals surface area contributed by atoms with Crippen LogP contribution in [0.4, 0.5) is 10.9 Å². The van der Waals surface area contributed by atoms with Crippen molar-refractivity contribution >= 4 is 22.3 Å². The van der Waals surface area contributed by atoms with Gasteiger partial charge in [0, 0.05) is 17.1 Å². The summed E-state index contributed by atoms with van der Waals surface area (Å²) in [5.74, 6) is 0.783. The van der Waals surface area contributed by atoms with Gasteiger partial charge in [0.2, 0.25) is 0 Å². The number of anilines is 2. The number of nitrogens with one attached hydrogen (secondary N) is 1. The Morgan fingerprint density at radius 3 is 2.86 bits per heavy atom. The van der Waals surface area contributed by atoms with E-state index in [9.17, 15) is 5.11 Å². The molecule has 0 aliphatic heterocycles. The number of aromatic nitrogens is 2. The summed E-state index contributed by atoms with van der Waals surface area (Å²) in [4.78, 5) is 8.80. The maximum atomic E-state index is 9.22. The minimum atomic E-state index is 0.0651. The Morgan fingerprint density at radius 2 is 2.14 bits per heavy atom. The van der Waals surface area contributed by atoms with Crippen LogP contribution in [0.25, 0.3) is 11.3 Å². The minimum Gasteiger partial charge on any atom is -0.392 e. The second-order valence-electron chi connectivity index (χ2n) is 4.68. The van der Waals surface area contributed by atoms with Crippen molar-refractivity contribution in [3.63, 3.8) is 0 Å². The lowest BCUT2D eigenvalue weighted by Gasteiger charge is -2.04. The molecule has 0 saturated heterocycles. The van der Waals surface area contributed by atoms with Gasteiger partial charge in [-0.2, -0.15) is 0 Å². The summed E-state index contributed by atoms with van der Waals surface area (Å²) in [5, 5.41) is 15.2. The number of pyridine rings is 1. The second-order valence-corrected chi connectivity index (χ2v) is 5.54. The molecule has 3 aromatic rings. The molecule has 0 spiro atoms. The molecule has 1 aromatic carbocycles. The Bertz CT molecular complexity index is 740. The van der Waals surface area contributed by atoms with Crippen molar-refractivity contribution in [2.75, 3.05) is 5.32 Å².